The zero-order valence-corrected chi connectivity index (χ0v) is 8.67. The average Bonchev–Trinajstić information content (AvgIpc) is 2.16. The summed E-state index contributed by atoms with van der Waals surface area (Å²) in [6, 6.07) is 4.92. The summed E-state index contributed by atoms with van der Waals surface area (Å²) in [4.78, 5) is 10.2. The number of hydrogen-bond donors (Lipinski definition) is 1. The molecule has 1 rings (SSSR count). The Morgan fingerprint density at radius 1 is 1.62 bits per heavy atom. The van der Waals surface area contributed by atoms with Crippen LogP contribution >= 0.6 is 16.1 Å². The summed E-state index contributed by atoms with van der Waals surface area (Å²) in [6.07, 6.45) is 0.652. The van der Waals surface area contributed by atoms with E-state index in [1.165, 1.54) is 6.07 Å². The molecule has 1 aromatic rings. The number of nitro benzene ring substituents is 1. The lowest BCUT2D eigenvalue weighted by Gasteiger charge is -2.02. The van der Waals surface area contributed by atoms with Gasteiger partial charge in [-0.1, -0.05) is 6.92 Å². The van der Waals surface area contributed by atoms with Crippen molar-refractivity contribution in [1.29, 1.82) is 0 Å². The first-order valence-corrected chi connectivity index (χ1v) is 4.62. The average molecular weight is 245 g/mol. The van der Waals surface area contributed by atoms with Gasteiger partial charge in [0, 0.05) is 33.5 Å². The van der Waals surface area contributed by atoms with E-state index >= 15 is 0 Å². The second-order valence-corrected chi connectivity index (χ2v) is 2.95. The highest BCUT2D eigenvalue weighted by Crippen LogP contribution is 2.23. The summed E-state index contributed by atoms with van der Waals surface area (Å²) >= 11 is 3.06. The van der Waals surface area contributed by atoms with Crippen molar-refractivity contribution in [3.8, 4) is 0 Å². The van der Waals surface area contributed by atoms with E-state index < -0.39 is 0 Å². The molecule has 0 aromatic heterocycles. The molecule has 0 atom stereocenters. The minimum atomic E-state index is -0.364. The summed E-state index contributed by atoms with van der Waals surface area (Å²) in [5.41, 5.74) is 1.73. The molecule has 0 aliphatic heterocycles. The van der Waals surface area contributed by atoms with E-state index in [4.69, 9.17) is 0 Å². The third-order valence-corrected chi connectivity index (χ3v) is 2.22. The van der Waals surface area contributed by atoms with Crippen molar-refractivity contribution in [2.45, 2.75) is 13.3 Å². The molecule has 4 nitrogen and oxygen atoms in total. The van der Waals surface area contributed by atoms with E-state index in [-0.39, 0.29) is 10.6 Å². The van der Waals surface area contributed by atoms with Crippen LogP contribution in [-0.4, -0.2) is 4.92 Å². The van der Waals surface area contributed by atoms with Crippen molar-refractivity contribution >= 4 is 27.5 Å². The Labute approximate surface area is 84.4 Å². The molecule has 0 heterocycles. The standard InChI is InChI=1S/C8H9BrN2O2/c1-2-6-5-7(10-9)3-4-8(6)11(12)13/h3-5,10H,2H2,1H3. The highest BCUT2D eigenvalue weighted by Gasteiger charge is 2.11. The van der Waals surface area contributed by atoms with Gasteiger partial charge in [-0.2, -0.15) is 0 Å². The van der Waals surface area contributed by atoms with Crippen LogP contribution in [0.3, 0.4) is 0 Å². The summed E-state index contributed by atoms with van der Waals surface area (Å²) in [5.74, 6) is 0. The van der Waals surface area contributed by atoms with Crippen molar-refractivity contribution in [2.75, 3.05) is 4.34 Å². The van der Waals surface area contributed by atoms with Crippen LogP contribution in [0.2, 0.25) is 0 Å². The molecule has 0 fully saturated rings. The highest BCUT2D eigenvalue weighted by molar-refractivity contribution is 9.10. The first-order valence-electron chi connectivity index (χ1n) is 3.83. The van der Waals surface area contributed by atoms with Gasteiger partial charge in [0.15, 0.2) is 0 Å². The van der Waals surface area contributed by atoms with Gasteiger partial charge in [0.1, 0.15) is 0 Å². The highest BCUT2D eigenvalue weighted by atomic mass is 79.9. The van der Waals surface area contributed by atoms with Crippen LogP contribution in [0, 0.1) is 10.1 Å². The number of benzene rings is 1. The lowest BCUT2D eigenvalue weighted by Crippen LogP contribution is -1.94. The zero-order chi connectivity index (χ0) is 9.84. The van der Waals surface area contributed by atoms with E-state index in [1.807, 2.05) is 6.92 Å². The Kier molecular flexibility index (Phi) is 3.25. The van der Waals surface area contributed by atoms with Crippen LogP contribution in [0.15, 0.2) is 18.2 Å². The van der Waals surface area contributed by atoms with E-state index in [0.29, 0.717) is 6.42 Å². The fraction of sp³-hybridized carbons (Fsp3) is 0.250. The van der Waals surface area contributed by atoms with Gasteiger partial charge in [0.05, 0.1) is 4.92 Å². The van der Waals surface area contributed by atoms with Gasteiger partial charge < -0.3 is 4.34 Å². The van der Waals surface area contributed by atoms with Crippen molar-refractivity contribution in [3.63, 3.8) is 0 Å². The molecule has 0 saturated carbocycles. The largest absolute Gasteiger partial charge is 0.322 e. The fourth-order valence-electron chi connectivity index (χ4n) is 1.11. The minimum absolute atomic E-state index is 0.175. The first-order chi connectivity index (χ1) is 6.19. The predicted octanol–water partition coefficient (Wildman–Crippen LogP) is 2.88. The van der Waals surface area contributed by atoms with Crippen LogP contribution in [0.25, 0.3) is 0 Å². The number of anilines is 1. The zero-order valence-electron chi connectivity index (χ0n) is 7.08. The van der Waals surface area contributed by atoms with E-state index in [1.54, 1.807) is 12.1 Å². The molecule has 0 saturated heterocycles. The molecule has 0 aliphatic rings. The molecule has 1 N–H and O–H groups in total. The molecule has 0 aliphatic carbocycles. The van der Waals surface area contributed by atoms with Crippen molar-refractivity contribution < 1.29 is 4.92 Å². The molecule has 0 bridgehead atoms. The van der Waals surface area contributed by atoms with Gasteiger partial charge in [0.2, 0.25) is 0 Å². The van der Waals surface area contributed by atoms with E-state index in [0.717, 1.165) is 11.3 Å². The molecule has 5 heteroatoms. The van der Waals surface area contributed by atoms with Gasteiger partial charge in [-0.15, -0.1) is 0 Å². The topological polar surface area (TPSA) is 55.2 Å². The van der Waals surface area contributed by atoms with Gasteiger partial charge >= 0.3 is 0 Å². The van der Waals surface area contributed by atoms with Crippen molar-refractivity contribution in [1.82, 2.24) is 0 Å². The van der Waals surface area contributed by atoms with E-state index in [2.05, 4.69) is 20.5 Å². The maximum Gasteiger partial charge on any atom is 0.272 e. The van der Waals surface area contributed by atoms with Gasteiger partial charge in [-0.25, -0.2) is 0 Å². The predicted molar refractivity (Wildman–Crippen MR) is 55.0 cm³/mol. The first kappa shape index (κ1) is 9.98. The molecule has 13 heavy (non-hydrogen) atoms. The summed E-state index contributed by atoms with van der Waals surface area (Å²) in [6.45, 7) is 1.89. The maximum atomic E-state index is 10.6. The number of hydrogen-bond acceptors (Lipinski definition) is 3. The van der Waals surface area contributed by atoms with Gasteiger partial charge in [-0.3, -0.25) is 10.1 Å². The maximum absolute atomic E-state index is 10.6. The molecule has 0 amide bonds. The molecule has 70 valence electrons. The van der Waals surface area contributed by atoms with Gasteiger partial charge in [0.25, 0.3) is 5.69 Å². The Balaban J connectivity index is 3.15. The molecule has 1 aromatic carbocycles. The summed E-state index contributed by atoms with van der Waals surface area (Å²) < 4.78 is 2.76. The Morgan fingerprint density at radius 2 is 2.31 bits per heavy atom. The van der Waals surface area contributed by atoms with E-state index in [9.17, 15) is 10.1 Å². The third-order valence-electron chi connectivity index (χ3n) is 1.77. The summed E-state index contributed by atoms with van der Waals surface area (Å²) in [7, 11) is 0. The molecule has 0 spiro atoms. The number of rotatable bonds is 3. The Morgan fingerprint density at radius 3 is 2.77 bits per heavy atom. The fourth-order valence-corrected chi connectivity index (χ4v) is 1.35. The van der Waals surface area contributed by atoms with Crippen LogP contribution in [-0.2, 0) is 6.42 Å². The molecular weight excluding hydrogens is 236 g/mol. The van der Waals surface area contributed by atoms with Crippen LogP contribution in [0.1, 0.15) is 12.5 Å². The monoisotopic (exact) mass is 244 g/mol. The number of halogens is 1. The molecule has 0 radical (unpaired) electrons. The van der Waals surface area contributed by atoms with Crippen LogP contribution in [0.5, 0.6) is 0 Å². The number of nitrogens with zero attached hydrogens (tertiary/aromatic N) is 1. The SMILES string of the molecule is CCc1cc(NBr)ccc1[N+](=O)[O-]. The number of aryl methyl sites for hydroxylation is 1. The van der Waals surface area contributed by atoms with Crippen LogP contribution in [0.4, 0.5) is 11.4 Å². The normalized spacial score (nSPS) is 9.69. The number of nitro groups is 1. The van der Waals surface area contributed by atoms with Gasteiger partial charge in [-0.05, 0) is 18.6 Å². The van der Waals surface area contributed by atoms with Crippen molar-refractivity contribution in [3.05, 3.63) is 33.9 Å². The second-order valence-electron chi connectivity index (χ2n) is 2.55. The Bertz CT molecular complexity index is 328. The third kappa shape index (κ3) is 2.18. The lowest BCUT2D eigenvalue weighted by atomic mass is 10.1. The molecule has 0 unspecified atom stereocenters. The molecular formula is C8H9BrN2O2. The quantitative estimate of drug-likeness (QED) is 0.506. The summed E-state index contributed by atoms with van der Waals surface area (Å²) in [5, 5.41) is 10.6. The smallest absolute Gasteiger partial charge is 0.272 e. The van der Waals surface area contributed by atoms with Crippen LogP contribution < -0.4 is 4.34 Å². The lowest BCUT2D eigenvalue weighted by molar-refractivity contribution is -0.385. The Hall–Kier alpha value is -1.10. The second kappa shape index (κ2) is 4.23. The number of nitrogens with one attached hydrogen (secondary N) is 1. The minimum Gasteiger partial charge on any atom is -0.322 e. The van der Waals surface area contributed by atoms with Crippen molar-refractivity contribution in [2.24, 2.45) is 0 Å².